The molecule has 0 aliphatic carbocycles. The van der Waals surface area contributed by atoms with Crippen molar-refractivity contribution in [1.82, 2.24) is 9.88 Å². The van der Waals surface area contributed by atoms with Gasteiger partial charge in [0.15, 0.2) is 0 Å². The first-order valence-electron chi connectivity index (χ1n) is 6.82. The smallest absolute Gasteiger partial charge is 0.0795 e. The van der Waals surface area contributed by atoms with Crippen LogP contribution in [0, 0.1) is 5.41 Å². The van der Waals surface area contributed by atoms with E-state index in [9.17, 15) is 0 Å². The summed E-state index contributed by atoms with van der Waals surface area (Å²) in [6.45, 7) is 6.62. The molecule has 0 aromatic carbocycles. The number of thiazole rings is 1. The molecule has 0 saturated carbocycles. The standard InChI is InChI=1S/C14H26N2S2/c1-4-6-14(11-17,7-5-2)10-16(3)8-13-9-18-12-15-13/h9,12,17H,4-8,10-11H2,1-3H3. The third kappa shape index (κ3) is 4.90. The van der Waals surface area contributed by atoms with Crippen molar-refractivity contribution in [2.24, 2.45) is 5.41 Å². The first kappa shape index (κ1) is 16.0. The van der Waals surface area contributed by atoms with Gasteiger partial charge in [0, 0.05) is 18.5 Å². The van der Waals surface area contributed by atoms with Crippen LogP contribution in [0.2, 0.25) is 0 Å². The van der Waals surface area contributed by atoms with E-state index in [4.69, 9.17) is 0 Å². The molecule has 0 unspecified atom stereocenters. The second-order valence-corrected chi connectivity index (χ2v) is 6.35. The minimum absolute atomic E-state index is 0.372. The van der Waals surface area contributed by atoms with Crippen LogP contribution in [0.1, 0.15) is 45.2 Å². The van der Waals surface area contributed by atoms with E-state index in [0.717, 1.165) is 18.8 Å². The Bertz CT molecular complexity index is 306. The van der Waals surface area contributed by atoms with E-state index in [1.54, 1.807) is 11.3 Å². The fraction of sp³-hybridized carbons (Fsp3) is 0.786. The molecule has 4 heteroatoms. The highest BCUT2D eigenvalue weighted by atomic mass is 32.1. The van der Waals surface area contributed by atoms with Crippen LogP contribution in [-0.4, -0.2) is 29.2 Å². The van der Waals surface area contributed by atoms with Crippen molar-refractivity contribution in [1.29, 1.82) is 0 Å². The zero-order valence-corrected chi connectivity index (χ0v) is 13.6. The molecule has 1 heterocycles. The summed E-state index contributed by atoms with van der Waals surface area (Å²) in [6.07, 6.45) is 5.02. The molecule has 18 heavy (non-hydrogen) atoms. The predicted molar refractivity (Wildman–Crippen MR) is 84.6 cm³/mol. The quantitative estimate of drug-likeness (QED) is 0.688. The molecule has 0 saturated heterocycles. The normalized spacial score (nSPS) is 12.3. The monoisotopic (exact) mass is 286 g/mol. The summed E-state index contributed by atoms with van der Waals surface area (Å²) in [6, 6.07) is 0. The molecule has 0 radical (unpaired) electrons. The topological polar surface area (TPSA) is 16.1 Å². The zero-order valence-electron chi connectivity index (χ0n) is 11.9. The van der Waals surface area contributed by atoms with Gasteiger partial charge in [-0.15, -0.1) is 11.3 Å². The molecule has 1 aromatic heterocycles. The van der Waals surface area contributed by atoms with Crippen molar-refractivity contribution < 1.29 is 0 Å². The van der Waals surface area contributed by atoms with Crippen LogP contribution in [0.3, 0.4) is 0 Å². The molecule has 0 atom stereocenters. The second kappa shape index (κ2) is 8.18. The number of rotatable bonds is 9. The third-order valence-corrected chi connectivity index (χ3v) is 4.72. The van der Waals surface area contributed by atoms with Crippen LogP contribution in [0.4, 0.5) is 0 Å². The summed E-state index contributed by atoms with van der Waals surface area (Å²) < 4.78 is 0. The molecular formula is C14H26N2S2. The van der Waals surface area contributed by atoms with E-state index in [1.165, 1.54) is 31.4 Å². The fourth-order valence-electron chi connectivity index (χ4n) is 2.77. The largest absolute Gasteiger partial charge is 0.300 e. The van der Waals surface area contributed by atoms with Crippen LogP contribution in [0.5, 0.6) is 0 Å². The van der Waals surface area contributed by atoms with Gasteiger partial charge in [-0.1, -0.05) is 26.7 Å². The second-order valence-electron chi connectivity index (χ2n) is 5.31. The Kier molecular flexibility index (Phi) is 7.27. The van der Waals surface area contributed by atoms with E-state index in [2.05, 4.69) is 48.8 Å². The Hall–Kier alpha value is -0.0600. The Balaban J connectivity index is 2.58. The van der Waals surface area contributed by atoms with Crippen molar-refractivity contribution in [2.45, 2.75) is 46.1 Å². The number of nitrogens with zero attached hydrogens (tertiary/aromatic N) is 2. The van der Waals surface area contributed by atoms with Crippen molar-refractivity contribution in [3.63, 3.8) is 0 Å². The molecule has 0 aliphatic rings. The number of hydrogen-bond donors (Lipinski definition) is 1. The highest BCUT2D eigenvalue weighted by Gasteiger charge is 2.28. The highest BCUT2D eigenvalue weighted by Crippen LogP contribution is 2.32. The van der Waals surface area contributed by atoms with Crippen LogP contribution >= 0.6 is 24.0 Å². The van der Waals surface area contributed by atoms with Crippen LogP contribution in [0.25, 0.3) is 0 Å². The Labute approximate surface area is 121 Å². The Morgan fingerprint density at radius 2 is 2.00 bits per heavy atom. The lowest BCUT2D eigenvalue weighted by Crippen LogP contribution is -2.37. The van der Waals surface area contributed by atoms with Crippen LogP contribution in [0.15, 0.2) is 10.9 Å². The highest BCUT2D eigenvalue weighted by molar-refractivity contribution is 7.80. The lowest BCUT2D eigenvalue weighted by Gasteiger charge is -2.36. The Morgan fingerprint density at radius 3 is 2.44 bits per heavy atom. The molecule has 0 N–H and O–H groups in total. The van der Waals surface area contributed by atoms with Gasteiger partial charge < -0.3 is 0 Å². The predicted octanol–water partition coefficient (Wildman–Crippen LogP) is 4.09. The van der Waals surface area contributed by atoms with Crippen molar-refractivity contribution in [3.05, 3.63) is 16.6 Å². The fourth-order valence-corrected chi connectivity index (χ4v) is 3.74. The number of hydrogen-bond acceptors (Lipinski definition) is 4. The van der Waals surface area contributed by atoms with E-state index >= 15 is 0 Å². The minimum Gasteiger partial charge on any atom is -0.300 e. The van der Waals surface area contributed by atoms with Gasteiger partial charge in [0.05, 0.1) is 11.2 Å². The number of thiol groups is 1. The number of aromatic nitrogens is 1. The average molecular weight is 287 g/mol. The van der Waals surface area contributed by atoms with Gasteiger partial charge in [0.1, 0.15) is 0 Å². The maximum Gasteiger partial charge on any atom is 0.0795 e. The van der Waals surface area contributed by atoms with Crippen molar-refractivity contribution in [2.75, 3.05) is 19.3 Å². The van der Waals surface area contributed by atoms with Gasteiger partial charge in [0.25, 0.3) is 0 Å². The maximum absolute atomic E-state index is 4.62. The van der Waals surface area contributed by atoms with Crippen LogP contribution in [-0.2, 0) is 6.54 Å². The zero-order chi connectivity index (χ0) is 13.4. The summed E-state index contributed by atoms with van der Waals surface area (Å²) >= 11 is 6.29. The lowest BCUT2D eigenvalue weighted by molar-refractivity contribution is 0.164. The molecule has 0 amide bonds. The van der Waals surface area contributed by atoms with Gasteiger partial charge in [-0.2, -0.15) is 12.6 Å². The van der Waals surface area contributed by atoms with Gasteiger partial charge in [0.2, 0.25) is 0 Å². The lowest BCUT2D eigenvalue weighted by atomic mass is 9.80. The van der Waals surface area contributed by atoms with Gasteiger partial charge in [-0.3, -0.25) is 4.90 Å². The molecule has 0 aliphatic heterocycles. The molecule has 104 valence electrons. The summed E-state index contributed by atoms with van der Waals surface area (Å²) in [5.74, 6) is 0.982. The van der Waals surface area contributed by atoms with E-state index in [1.807, 2.05) is 5.51 Å². The van der Waals surface area contributed by atoms with Gasteiger partial charge in [-0.05, 0) is 31.1 Å². The molecule has 0 fully saturated rings. The molecule has 0 bridgehead atoms. The molecule has 2 nitrogen and oxygen atoms in total. The van der Waals surface area contributed by atoms with Crippen molar-refractivity contribution in [3.8, 4) is 0 Å². The van der Waals surface area contributed by atoms with E-state index < -0.39 is 0 Å². The Morgan fingerprint density at radius 1 is 1.33 bits per heavy atom. The first-order valence-corrected chi connectivity index (χ1v) is 8.40. The third-order valence-electron chi connectivity index (χ3n) is 3.42. The first-order chi connectivity index (χ1) is 8.65. The summed E-state index contributed by atoms with van der Waals surface area (Å²) in [5.41, 5.74) is 3.47. The van der Waals surface area contributed by atoms with E-state index in [-0.39, 0.29) is 0 Å². The van der Waals surface area contributed by atoms with Crippen LogP contribution < -0.4 is 0 Å². The van der Waals surface area contributed by atoms with Crippen molar-refractivity contribution >= 4 is 24.0 Å². The molecule has 1 rings (SSSR count). The van der Waals surface area contributed by atoms with Gasteiger partial charge >= 0.3 is 0 Å². The van der Waals surface area contributed by atoms with E-state index in [0.29, 0.717) is 5.41 Å². The molecule has 0 spiro atoms. The summed E-state index contributed by atoms with van der Waals surface area (Å²) in [5, 5.41) is 2.14. The SMILES string of the molecule is CCCC(CS)(CCC)CN(C)Cc1cscn1. The average Bonchev–Trinajstić information content (AvgIpc) is 2.82. The summed E-state index contributed by atoms with van der Waals surface area (Å²) in [7, 11) is 2.20. The molecule has 1 aromatic rings. The molecular weight excluding hydrogens is 260 g/mol. The minimum atomic E-state index is 0.372. The maximum atomic E-state index is 4.62. The van der Waals surface area contributed by atoms with Gasteiger partial charge in [-0.25, -0.2) is 4.98 Å². The summed E-state index contributed by atoms with van der Waals surface area (Å²) in [4.78, 5) is 6.76.